The van der Waals surface area contributed by atoms with Gasteiger partial charge in [0.1, 0.15) is 0 Å². The number of aromatic nitrogens is 2. The maximum absolute atomic E-state index is 5.77. The van der Waals surface area contributed by atoms with Crippen molar-refractivity contribution in [3.05, 3.63) is 46.5 Å². The van der Waals surface area contributed by atoms with Crippen LogP contribution in [0.5, 0.6) is 0 Å². The van der Waals surface area contributed by atoms with Gasteiger partial charge < -0.3 is 0 Å². The highest BCUT2D eigenvalue weighted by atomic mass is 32.1. The number of nitrogens with one attached hydrogen (secondary N) is 1. The molecule has 1 aromatic carbocycles. The summed E-state index contributed by atoms with van der Waals surface area (Å²) < 4.78 is 4.07. The molecule has 3 unspecified atom stereocenters. The highest BCUT2D eigenvalue weighted by Crippen LogP contribution is 2.54. The first-order chi connectivity index (χ1) is 9.35. The van der Waals surface area contributed by atoms with Crippen molar-refractivity contribution in [1.82, 2.24) is 15.0 Å². The van der Waals surface area contributed by atoms with Crippen molar-refractivity contribution in [2.75, 3.05) is 0 Å². The molecule has 0 radical (unpaired) electrons. The predicted molar refractivity (Wildman–Crippen MR) is 76.6 cm³/mol. The van der Waals surface area contributed by atoms with Gasteiger partial charge in [0.25, 0.3) is 0 Å². The highest BCUT2D eigenvalue weighted by molar-refractivity contribution is 7.05. The van der Waals surface area contributed by atoms with E-state index >= 15 is 0 Å². The number of aryl methyl sites for hydroxylation is 1. The molecular weight excluding hydrogens is 256 g/mol. The molecule has 1 aliphatic rings. The Morgan fingerprint density at radius 2 is 2.21 bits per heavy atom. The first-order valence-corrected chi connectivity index (χ1v) is 7.44. The summed E-state index contributed by atoms with van der Waals surface area (Å²) in [5.41, 5.74) is 5.45. The molecule has 1 aromatic heterocycles. The minimum atomic E-state index is 0.181. The fraction of sp³-hybridized carbons (Fsp3) is 0.429. The predicted octanol–water partition coefficient (Wildman–Crippen LogP) is 2.41. The van der Waals surface area contributed by atoms with Crippen molar-refractivity contribution in [2.24, 2.45) is 11.8 Å². The molecule has 3 atom stereocenters. The van der Waals surface area contributed by atoms with Crippen molar-refractivity contribution >= 4 is 11.5 Å². The number of hydrazine groups is 1. The van der Waals surface area contributed by atoms with Crippen LogP contribution in [0, 0.1) is 5.92 Å². The maximum atomic E-state index is 5.77. The van der Waals surface area contributed by atoms with Crippen molar-refractivity contribution in [3.63, 3.8) is 0 Å². The molecule has 0 aliphatic heterocycles. The average Bonchev–Trinajstić information content (AvgIpc) is 3.10. The van der Waals surface area contributed by atoms with Gasteiger partial charge in [0.15, 0.2) is 0 Å². The van der Waals surface area contributed by atoms with E-state index < -0.39 is 0 Å². The Morgan fingerprint density at radius 1 is 1.42 bits per heavy atom. The van der Waals surface area contributed by atoms with Gasteiger partial charge in [0, 0.05) is 0 Å². The van der Waals surface area contributed by atoms with Crippen LogP contribution in [0.4, 0.5) is 0 Å². The summed E-state index contributed by atoms with van der Waals surface area (Å²) in [6, 6.07) is 10.8. The molecule has 4 nitrogen and oxygen atoms in total. The summed E-state index contributed by atoms with van der Waals surface area (Å²) in [5, 5.41) is 4.18. The molecule has 0 amide bonds. The van der Waals surface area contributed by atoms with Gasteiger partial charge in [-0.05, 0) is 41.8 Å². The molecule has 2 aromatic rings. The van der Waals surface area contributed by atoms with E-state index in [4.69, 9.17) is 5.84 Å². The monoisotopic (exact) mass is 274 g/mol. The lowest BCUT2D eigenvalue weighted by atomic mass is 10.0. The van der Waals surface area contributed by atoms with Crippen molar-refractivity contribution in [2.45, 2.75) is 31.7 Å². The van der Waals surface area contributed by atoms with Crippen LogP contribution >= 0.6 is 11.5 Å². The van der Waals surface area contributed by atoms with Crippen molar-refractivity contribution in [3.8, 4) is 0 Å². The van der Waals surface area contributed by atoms with Crippen molar-refractivity contribution in [1.29, 1.82) is 0 Å². The Kier molecular flexibility index (Phi) is 3.59. The molecular formula is C14H18N4S. The number of hydrogen-bond acceptors (Lipinski definition) is 5. The number of hydrogen-bond donors (Lipinski definition) is 2. The maximum Gasteiger partial charge on any atom is 0.0801 e. The molecule has 1 heterocycles. The van der Waals surface area contributed by atoms with E-state index in [1.165, 1.54) is 28.4 Å². The lowest BCUT2D eigenvalue weighted by Gasteiger charge is -2.14. The SMILES string of the molecule is CCc1nnsc1C(NN)C1CC1c1ccccc1. The molecule has 100 valence electrons. The zero-order valence-corrected chi connectivity index (χ0v) is 11.7. The second-order valence-corrected chi connectivity index (χ2v) is 5.78. The molecule has 0 bridgehead atoms. The van der Waals surface area contributed by atoms with E-state index in [0.29, 0.717) is 11.8 Å². The van der Waals surface area contributed by atoms with Gasteiger partial charge in [-0.15, -0.1) is 5.10 Å². The van der Waals surface area contributed by atoms with Crippen molar-refractivity contribution < 1.29 is 0 Å². The van der Waals surface area contributed by atoms with Crippen LogP contribution in [0.2, 0.25) is 0 Å². The first kappa shape index (κ1) is 12.7. The number of rotatable bonds is 5. The minimum Gasteiger partial charge on any atom is -0.271 e. The molecule has 0 saturated heterocycles. The lowest BCUT2D eigenvalue weighted by Crippen LogP contribution is -2.30. The van der Waals surface area contributed by atoms with Gasteiger partial charge in [-0.2, -0.15) is 0 Å². The summed E-state index contributed by atoms with van der Waals surface area (Å²) >= 11 is 1.47. The Balaban J connectivity index is 1.79. The highest BCUT2D eigenvalue weighted by Gasteiger charge is 2.45. The smallest absolute Gasteiger partial charge is 0.0801 e. The third-order valence-corrected chi connectivity index (χ3v) is 4.73. The van der Waals surface area contributed by atoms with Crippen LogP contribution in [0.3, 0.4) is 0 Å². The van der Waals surface area contributed by atoms with Crippen LogP contribution in [-0.4, -0.2) is 9.59 Å². The van der Waals surface area contributed by atoms with Gasteiger partial charge in [0.2, 0.25) is 0 Å². The zero-order chi connectivity index (χ0) is 13.2. The summed E-state index contributed by atoms with van der Waals surface area (Å²) in [6.45, 7) is 2.11. The van der Waals surface area contributed by atoms with E-state index in [1.807, 2.05) is 0 Å². The van der Waals surface area contributed by atoms with E-state index in [1.54, 1.807) is 0 Å². The van der Waals surface area contributed by atoms with Crippen LogP contribution in [0.25, 0.3) is 0 Å². The van der Waals surface area contributed by atoms with Gasteiger partial charge >= 0.3 is 0 Å². The summed E-state index contributed by atoms with van der Waals surface area (Å²) in [5.74, 6) is 6.93. The molecule has 0 spiro atoms. The van der Waals surface area contributed by atoms with E-state index in [9.17, 15) is 0 Å². The zero-order valence-electron chi connectivity index (χ0n) is 10.9. The summed E-state index contributed by atoms with van der Waals surface area (Å²) in [6.07, 6.45) is 2.09. The van der Waals surface area contributed by atoms with Gasteiger partial charge in [0.05, 0.1) is 16.6 Å². The Hall–Kier alpha value is -1.30. The summed E-state index contributed by atoms with van der Waals surface area (Å²) in [4.78, 5) is 1.20. The van der Waals surface area contributed by atoms with Gasteiger partial charge in [-0.3, -0.25) is 11.3 Å². The average molecular weight is 274 g/mol. The lowest BCUT2D eigenvalue weighted by molar-refractivity contribution is 0.491. The number of nitrogens with zero attached hydrogens (tertiary/aromatic N) is 2. The molecule has 3 N–H and O–H groups in total. The first-order valence-electron chi connectivity index (χ1n) is 6.67. The van der Waals surface area contributed by atoms with Crippen LogP contribution < -0.4 is 11.3 Å². The van der Waals surface area contributed by atoms with Gasteiger partial charge in [-0.1, -0.05) is 41.7 Å². The standard InChI is InChI=1S/C14H18N4S/c1-2-12-14(19-18-17-12)13(16-15)11-8-10(11)9-6-4-3-5-7-9/h3-7,10-11,13,16H,2,8,15H2,1H3. The molecule has 5 heteroatoms. The molecule has 1 fully saturated rings. The minimum absolute atomic E-state index is 0.181. The van der Waals surface area contributed by atoms with E-state index in [2.05, 4.69) is 52.3 Å². The Morgan fingerprint density at radius 3 is 2.89 bits per heavy atom. The third kappa shape index (κ3) is 2.41. The molecule has 19 heavy (non-hydrogen) atoms. The number of benzene rings is 1. The van der Waals surface area contributed by atoms with Gasteiger partial charge in [-0.25, -0.2) is 0 Å². The van der Waals surface area contributed by atoms with E-state index in [0.717, 1.165) is 12.1 Å². The summed E-state index contributed by atoms with van der Waals surface area (Å²) in [7, 11) is 0. The molecule has 3 rings (SSSR count). The van der Waals surface area contributed by atoms with E-state index in [-0.39, 0.29) is 6.04 Å². The van der Waals surface area contributed by atoms with Crippen LogP contribution in [0.15, 0.2) is 30.3 Å². The second kappa shape index (κ2) is 5.36. The molecule has 1 aliphatic carbocycles. The Bertz CT molecular complexity index is 539. The second-order valence-electron chi connectivity index (χ2n) is 5.00. The largest absolute Gasteiger partial charge is 0.271 e. The quantitative estimate of drug-likeness (QED) is 0.649. The van der Waals surface area contributed by atoms with Crippen LogP contribution in [0.1, 0.15) is 41.4 Å². The fourth-order valence-electron chi connectivity index (χ4n) is 2.76. The third-order valence-electron chi connectivity index (χ3n) is 3.88. The van der Waals surface area contributed by atoms with Crippen LogP contribution in [-0.2, 0) is 6.42 Å². The molecule has 1 saturated carbocycles. The topological polar surface area (TPSA) is 63.8 Å². The normalized spacial score (nSPS) is 23.3. The fourth-order valence-corrected chi connectivity index (χ4v) is 3.63. The Labute approximate surface area is 117 Å². The number of nitrogens with two attached hydrogens (primary N) is 1.